The molecule has 2 aromatic carbocycles. The first kappa shape index (κ1) is 16.7. The Labute approximate surface area is 133 Å². The maximum absolute atomic E-state index is 13.4. The van der Waals surface area contributed by atoms with Crippen LogP contribution < -0.4 is 4.72 Å². The van der Waals surface area contributed by atoms with Gasteiger partial charge in [0.1, 0.15) is 5.82 Å². The number of methoxy groups -OCH3 is 1. The Hall–Kier alpha value is -2.67. The summed E-state index contributed by atoms with van der Waals surface area (Å²) in [5, 5.41) is 0. The van der Waals surface area contributed by atoms with Gasteiger partial charge in [0.15, 0.2) is 0 Å². The van der Waals surface area contributed by atoms with Crippen molar-refractivity contribution < 1.29 is 22.3 Å². The number of carbonyl (C=O) groups excluding carboxylic acids is 1. The van der Waals surface area contributed by atoms with Crippen molar-refractivity contribution in [3.05, 3.63) is 66.0 Å². The van der Waals surface area contributed by atoms with E-state index in [-0.39, 0.29) is 16.1 Å². The summed E-state index contributed by atoms with van der Waals surface area (Å²) in [5.41, 5.74) is 0.352. The molecule has 0 aliphatic heterocycles. The Morgan fingerprint density at radius 2 is 1.87 bits per heavy atom. The molecule has 0 saturated heterocycles. The fraction of sp³-hybridized carbons (Fsp3) is 0.0625. The quantitative estimate of drug-likeness (QED) is 0.674. The number of halogens is 1. The number of ether oxygens (including phenoxy) is 1. The predicted molar refractivity (Wildman–Crippen MR) is 84.7 cm³/mol. The van der Waals surface area contributed by atoms with Crippen LogP contribution in [0.25, 0.3) is 6.08 Å². The molecule has 0 amide bonds. The lowest BCUT2D eigenvalue weighted by Gasteiger charge is -2.11. The number of hydrogen-bond acceptors (Lipinski definition) is 4. The van der Waals surface area contributed by atoms with Crippen LogP contribution in [0.1, 0.15) is 5.56 Å². The maximum Gasteiger partial charge on any atom is 0.330 e. The Balaban J connectivity index is 2.37. The molecule has 2 aromatic rings. The second-order valence-corrected chi connectivity index (χ2v) is 6.19. The van der Waals surface area contributed by atoms with E-state index in [0.717, 1.165) is 18.2 Å². The van der Waals surface area contributed by atoms with Crippen LogP contribution in [-0.4, -0.2) is 21.5 Å². The lowest BCUT2D eigenvalue weighted by atomic mass is 10.1. The molecule has 120 valence electrons. The minimum absolute atomic E-state index is 0.0761. The molecule has 2 rings (SSSR count). The highest BCUT2D eigenvalue weighted by molar-refractivity contribution is 7.92. The van der Waals surface area contributed by atoms with Gasteiger partial charge in [-0.1, -0.05) is 18.2 Å². The van der Waals surface area contributed by atoms with Gasteiger partial charge in [0, 0.05) is 11.6 Å². The molecular weight excluding hydrogens is 321 g/mol. The van der Waals surface area contributed by atoms with Crippen molar-refractivity contribution in [2.24, 2.45) is 0 Å². The Morgan fingerprint density at radius 1 is 1.17 bits per heavy atom. The van der Waals surface area contributed by atoms with Crippen LogP contribution in [0.4, 0.5) is 10.1 Å². The van der Waals surface area contributed by atoms with E-state index < -0.39 is 21.8 Å². The SMILES string of the molecule is COC(=O)C=Cc1cc(F)ccc1NS(=O)(=O)c1ccccc1. The van der Waals surface area contributed by atoms with Gasteiger partial charge < -0.3 is 4.74 Å². The summed E-state index contributed by atoms with van der Waals surface area (Å²) in [7, 11) is -2.61. The zero-order chi connectivity index (χ0) is 16.9. The van der Waals surface area contributed by atoms with Crippen LogP contribution in [-0.2, 0) is 19.6 Å². The van der Waals surface area contributed by atoms with Crippen molar-refractivity contribution in [1.29, 1.82) is 0 Å². The van der Waals surface area contributed by atoms with Gasteiger partial charge in [-0.15, -0.1) is 0 Å². The van der Waals surface area contributed by atoms with Crippen molar-refractivity contribution in [1.82, 2.24) is 0 Å². The lowest BCUT2D eigenvalue weighted by molar-refractivity contribution is -0.134. The number of rotatable bonds is 5. The molecule has 0 aromatic heterocycles. The van der Waals surface area contributed by atoms with Crippen LogP contribution >= 0.6 is 0 Å². The molecule has 0 atom stereocenters. The molecule has 5 nitrogen and oxygen atoms in total. The maximum atomic E-state index is 13.4. The summed E-state index contributed by atoms with van der Waals surface area (Å²) in [6, 6.07) is 11.3. The van der Waals surface area contributed by atoms with E-state index in [9.17, 15) is 17.6 Å². The highest BCUT2D eigenvalue weighted by Crippen LogP contribution is 2.22. The van der Waals surface area contributed by atoms with Crippen molar-refractivity contribution in [2.75, 3.05) is 11.8 Å². The summed E-state index contributed by atoms with van der Waals surface area (Å²) in [6.45, 7) is 0. The highest BCUT2D eigenvalue weighted by atomic mass is 32.2. The fourth-order valence-electron chi connectivity index (χ4n) is 1.79. The minimum Gasteiger partial charge on any atom is -0.466 e. The number of hydrogen-bond donors (Lipinski definition) is 1. The molecule has 0 aliphatic carbocycles. The van der Waals surface area contributed by atoms with E-state index >= 15 is 0 Å². The standard InChI is InChI=1S/C16H14FNO4S/c1-22-16(19)10-7-12-11-13(17)8-9-15(12)18-23(20,21)14-5-3-2-4-6-14/h2-11,18H,1H3. The Morgan fingerprint density at radius 3 is 2.52 bits per heavy atom. The third-order valence-electron chi connectivity index (χ3n) is 2.91. The normalized spacial score (nSPS) is 11.4. The molecular formula is C16H14FNO4S. The smallest absolute Gasteiger partial charge is 0.330 e. The van der Waals surface area contributed by atoms with Crippen LogP contribution in [0.5, 0.6) is 0 Å². The molecule has 0 unspecified atom stereocenters. The van der Waals surface area contributed by atoms with E-state index in [0.29, 0.717) is 0 Å². The van der Waals surface area contributed by atoms with Gasteiger partial charge in [0.25, 0.3) is 10.0 Å². The summed E-state index contributed by atoms with van der Waals surface area (Å²) in [6.07, 6.45) is 2.35. The van der Waals surface area contributed by atoms with Crippen molar-refractivity contribution in [2.45, 2.75) is 4.90 Å². The number of esters is 1. The zero-order valence-corrected chi connectivity index (χ0v) is 13.0. The first-order chi connectivity index (χ1) is 10.9. The average molecular weight is 335 g/mol. The van der Waals surface area contributed by atoms with Crippen LogP contribution in [0, 0.1) is 5.82 Å². The molecule has 0 spiro atoms. The van der Waals surface area contributed by atoms with Gasteiger partial charge in [0.2, 0.25) is 0 Å². The van der Waals surface area contributed by atoms with Gasteiger partial charge in [-0.05, 0) is 36.4 Å². The van der Waals surface area contributed by atoms with E-state index in [1.807, 2.05) is 0 Å². The molecule has 0 bridgehead atoms. The monoisotopic (exact) mass is 335 g/mol. The predicted octanol–water partition coefficient (Wildman–Crippen LogP) is 2.81. The number of anilines is 1. The lowest BCUT2D eigenvalue weighted by Crippen LogP contribution is -2.13. The average Bonchev–Trinajstić information content (AvgIpc) is 2.55. The third kappa shape index (κ3) is 4.40. The van der Waals surface area contributed by atoms with E-state index in [4.69, 9.17) is 0 Å². The third-order valence-corrected chi connectivity index (χ3v) is 4.29. The first-order valence-corrected chi connectivity index (χ1v) is 8.04. The highest BCUT2D eigenvalue weighted by Gasteiger charge is 2.15. The molecule has 0 saturated carbocycles. The van der Waals surface area contributed by atoms with Crippen molar-refractivity contribution in [3.8, 4) is 0 Å². The van der Waals surface area contributed by atoms with E-state index in [2.05, 4.69) is 9.46 Å². The molecule has 1 N–H and O–H groups in total. The minimum atomic E-state index is -3.82. The molecule has 7 heteroatoms. The fourth-order valence-corrected chi connectivity index (χ4v) is 2.90. The van der Waals surface area contributed by atoms with Gasteiger partial charge in [-0.2, -0.15) is 0 Å². The summed E-state index contributed by atoms with van der Waals surface area (Å²) in [4.78, 5) is 11.2. The Kier molecular flexibility index (Phi) is 5.13. The first-order valence-electron chi connectivity index (χ1n) is 6.56. The summed E-state index contributed by atoms with van der Waals surface area (Å²) in [5.74, 6) is -1.19. The topological polar surface area (TPSA) is 72.5 Å². The molecule has 0 heterocycles. The number of sulfonamides is 1. The number of carbonyl (C=O) groups is 1. The molecule has 23 heavy (non-hydrogen) atoms. The number of nitrogens with one attached hydrogen (secondary N) is 1. The van der Waals surface area contributed by atoms with Gasteiger partial charge in [-0.3, -0.25) is 4.72 Å². The molecule has 0 radical (unpaired) electrons. The molecule has 0 aliphatic rings. The largest absolute Gasteiger partial charge is 0.466 e. The van der Waals surface area contributed by atoms with Crippen molar-refractivity contribution in [3.63, 3.8) is 0 Å². The summed E-state index contributed by atoms with van der Waals surface area (Å²) >= 11 is 0. The van der Waals surface area contributed by atoms with Gasteiger partial charge in [-0.25, -0.2) is 17.6 Å². The van der Waals surface area contributed by atoms with Crippen LogP contribution in [0.15, 0.2) is 59.5 Å². The second-order valence-electron chi connectivity index (χ2n) is 4.51. The second kappa shape index (κ2) is 7.06. The van der Waals surface area contributed by atoms with Crippen molar-refractivity contribution >= 4 is 27.8 Å². The van der Waals surface area contributed by atoms with E-state index in [1.54, 1.807) is 18.2 Å². The van der Waals surface area contributed by atoms with Gasteiger partial charge in [0.05, 0.1) is 17.7 Å². The summed E-state index contributed by atoms with van der Waals surface area (Å²) < 4.78 is 44.8. The van der Waals surface area contributed by atoms with Gasteiger partial charge >= 0.3 is 5.97 Å². The Bertz CT molecular complexity index is 832. The van der Waals surface area contributed by atoms with E-state index in [1.165, 1.54) is 31.4 Å². The number of benzene rings is 2. The molecule has 0 fully saturated rings. The van der Waals surface area contributed by atoms with Crippen LogP contribution in [0.2, 0.25) is 0 Å². The zero-order valence-electron chi connectivity index (χ0n) is 12.2. The van der Waals surface area contributed by atoms with Crippen LogP contribution in [0.3, 0.4) is 0 Å².